The highest BCUT2D eigenvalue weighted by atomic mass is 32.2. The van der Waals surface area contributed by atoms with Crippen LogP contribution < -0.4 is 5.48 Å². The SMILES string of the molecule is CN(C)Cc1ccccc1-c1cccc(S(=O)(=O)n2ccc(/C=C/C(=O)NO)c2)c1. The van der Waals surface area contributed by atoms with Gasteiger partial charge in [-0.25, -0.2) is 17.9 Å². The number of amides is 1. The molecular formula is C22H23N3O4S. The monoisotopic (exact) mass is 425 g/mol. The third-order valence-electron chi connectivity index (χ3n) is 4.45. The smallest absolute Gasteiger partial charge is 0.267 e. The van der Waals surface area contributed by atoms with Crippen molar-refractivity contribution in [3.63, 3.8) is 0 Å². The molecule has 1 amide bonds. The van der Waals surface area contributed by atoms with Crippen molar-refractivity contribution in [1.29, 1.82) is 0 Å². The topological polar surface area (TPSA) is 91.6 Å². The van der Waals surface area contributed by atoms with Crippen LogP contribution in [-0.2, 0) is 21.4 Å². The Kier molecular flexibility index (Phi) is 6.51. The number of hydrogen-bond donors (Lipinski definition) is 2. The van der Waals surface area contributed by atoms with Gasteiger partial charge in [-0.2, -0.15) is 0 Å². The number of nitrogens with one attached hydrogen (secondary N) is 1. The Morgan fingerprint density at radius 3 is 2.63 bits per heavy atom. The van der Waals surface area contributed by atoms with Crippen molar-refractivity contribution in [2.45, 2.75) is 11.4 Å². The molecule has 0 radical (unpaired) electrons. The maximum absolute atomic E-state index is 13.1. The first kappa shape index (κ1) is 21.5. The molecule has 156 valence electrons. The third-order valence-corrected chi connectivity index (χ3v) is 6.08. The van der Waals surface area contributed by atoms with Crippen molar-refractivity contribution in [1.82, 2.24) is 14.4 Å². The van der Waals surface area contributed by atoms with Crippen LogP contribution in [0.4, 0.5) is 0 Å². The van der Waals surface area contributed by atoms with Crippen molar-refractivity contribution in [3.8, 4) is 11.1 Å². The molecule has 3 rings (SSSR count). The summed E-state index contributed by atoms with van der Waals surface area (Å²) in [6.07, 6.45) is 5.34. The van der Waals surface area contributed by atoms with E-state index >= 15 is 0 Å². The molecule has 0 bridgehead atoms. The number of hydroxylamine groups is 1. The van der Waals surface area contributed by atoms with Gasteiger partial charge in [-0.05, 0) is 60.6 Å². The van der Waals surface area contributed by atoms with Gasteiger partial charge in [0.2, 0.25) is 0 Å². The lowest BCUT2D eigenvalue weighted by Crippen LogP contribution is -2.14. The summed E-state index contributed by atoms with van der Waals surface area (Å²) in [7, 11) is 0.166. The largest absolute Gasteiger partial charge is 0.305 e. The van der Waals surface area contributed by atoms with Gasteiger partial charge in [0.25, 0.3) is 15.9 Å². The molecule has 0 saturated carbocycles. The molecule has 1 heterocycles. The minimum absolute atomic E-state index is 0.166. The molecule has 30 heavy (non-hydrogen) atoms. The van der Waals surface area contributed by atoms with Crippen LogP contribution in [0.2, 0.25) is 0 Å². The molecular weight excluding hydrogens is 402 g/mol. The van der Waals surface area contributed by atoms with Crippen molar-refractivity contribution < 1.29 is 18.4 Å². The summed E-state index contributed by atoms with van der Waals surface area (Å²) in [6.45, 7) is 0.738. The van der Waals surface area contributed by atoms with Gasteiger partial charge in [-0.15, -0.1) is 0 Å². The minimum atomic E-state index is -3.81. The number of hydrogen-bond acceptors (Lipinski definition) is 5. The number of benzene rings is 2. The van der Waals surface area contributed by atoms with E-state index < -0.39 is 15.9 Å². The van der Waals surface area contributed by atoms with Crippen LogP contribution in [0.1, 0.15) is 11.1 Å². The lowest BCUT2D eigenvalue weighted by atomic mass is 9.99. The lowest BCUT2D eigenvalue weighted by molar-refractivity contribution is -0.124. The predicted molar refractivity (Wildman–Crippen MR) is 115 cm³/mol. The zero-order chi connectivity index (χ0) is 21.7. The molecule has 0 unspecified atom stereocenters. The fraction of sp³-hybridized carbons (Fsp3) is 0.136. The van der Waals surface area contributed by atoms with Gasteiger partial charge in [0, 0.05) is 25.0 Å². The Bertz CT molecular complexity index is 1180. The molecule has 7 nitrogen and oxygen atoms in total. The first-order valence-corrected chi connectivity index (χ1v) is 10.6. The second-order valence-electron chi connectivity index (χ2n) is 7.01. The molecule has 3 aromatic rings. The minimum Gasteiger partial charge on any atom is -0.305 e. The fourth-order valence-corrected chi connectivity index (χ4v) is 4.33. The first-order valence-electron chi connectivity index (χ1n) is 9.20. The highest BCUT2D eigenvalue weighted by molar-refractivity contribution is 7.90. The van der Waals surface area contributed by atoms with E-state index in [0.29, 0.717) is 5.56 Å². The van der Waals surface area contributed by atoms with Crippen LogP contribution in [0, 0.1) is 0 Å². The zero-order valence-corrected chi connectivity index (χ0v) is 17.5. The summed E-state index contributed by atoms with van der Waals surface area (Å²) in [5.74, 6) is -0.699. The molecule has 2 aromatic carbocycles. The highest BCUT2D eigenvalue weighted by Gasteiger charge is 2.18. The summed E-state index contributed by atoms with van der Waals surface area (Å²) >= 11 is 0. The Labute approximate surface area is 175 Å². The molecule has 0 aliphatic carbocycles. The average Bonchev–Trinajstić information content (AvgIpc) is 3.22. The third kappa shape index (κ3) is 4.85. The summed E-state index contributed by atoms with van der Waals surface area (Å²) in [6, 6.07) is 16.3. The van der Waals surface area contributed by atoms with Crippen LogP contribution in [0.5, 0.6) is 0 Å². The summed E-state index contributed by atoms with van der Waals surface area (Å²) in [5.41, 5.74) is 4.90. The maximum atomic E-state index is 13.1. The standard InChI is InChI=1S/C22H23N3O4S/c1-24(2)16-19-6-3-4-9-21(19)18-7-5-8-20(14-18)30(28,29)25-13-12-17(15-25)10-11-22(26)23-27/h3-15,27H,16H2,1-2H3,(H,23,26)/b11-10+. The van der Waals surface area contributed by atoms with Crippen molar-refractivity contribution in [2.75, 3.05) is 14.1 Å². The van der Waals surface area contributed by atoms with E-state index in [1.54, 1.807) is 24.3 Å². The van der Waals surface area contributed by atoms with Crippen molar-refractivity contribution in [3.05, 3.63) is 84.2 Å². The van der Waals surface area contributed by atoms with E-state index in [4.69, 9.17) is 5.21 Å². The molecule has 0 fully saturated rings. The summed E-state index contributed by atoms with van der Waals surface area (Å²) in [4.78, 5) is 13.3. The van der Waals surface area contributed by atoms with Crippen LogP contribution in [0.25, 0.3) is 17.2 Å². The molecule has 0 aliphatic heterocycles. The van der Waals surface area contributed by atoms with Gasteiger partial charge in [-0.3, -0.25) is 10.0 Å². The maximum Gasteiger partial charge on any atom is 0.267 e. The van der Waals surface area contributed by atoms with E-state index in [2.05, 4.69) is 4.90 Å². The van der Waals surface area contributed by atoms with E-state index in [9.17, 15) is 13.2 Å². The van der Waals surface area contributed by atoms with Gasteiger partial charge in [0.05, 0.1) is 4.90 Å². The zero-order valence-electron chi connectivity index (χ0n) is 16.7. The average molecular weight is 426 g/mol. The Hall–Kier alpha value is -3.20. The van der Waals surface area contributed by atoms with Gasteiger partial charge in [0.1, 0.15) is 0 Å². The molecule has 2 N–H and O–H groups in total. The second-order valence-corrected chi connectivity index (χ2v) is 8.86. The molecule has 0 saturated heterocycles. The number of carbonyl (C=O) groups excluding carboxylic acids is 1. The molecule has 1 aromatic heterocycles. The van der Waals surface area contributed by atoms with Gasteiger partial charge < -0.3 is 4.90 Å². The Morgan fingerprint density at radius 1 is 1.13 bits per heavy atom. The molecule has 0 aliphatic rings. The molecule has 8 heteroatoms. The second kappa shape index (κ2) is 9.08. The molecule has 0 atom stereocenters. The van der Waals surface area contributed by atoms with E-state index in [1.165, 1.54) is 23.9 Å². The Morgan fingerprint density at radius 2 is 1.90 bits per heavy atom. The number of aromatic nitrogens is 1. The predicted octanol–water partition coefficient (Wildman–Crippen LogP) is 2.97. The number of rotatable bonds is 7. The van der Waals surface area contributed by atoms with Crippen LogP contribution in [0.15, 0.2) is 78.0 Å². The summed E-state index contributed by atoms with van der Waals surface area (Å²) in [5, 5.41) is 8.53. The normalized spacial score (nSPS) is 11.9. The quantitative estimate of drug-likeness (QED) is 0.345. The first-order chi connectivity index (χ1) is 14.3. The van der Waals surface area contributed by atoms with Crippen molar-refractivity contribution >= 4 is 22.0 Å². The van der Waals surface area contributed by atoms with Crippen molar-refractivity contribution in [2.24, 2.45) is 0 Å². The summed E-state index contributed by atoms with van der Waals surface area (Å²) < 4.78 is 27.3. The number of carbonyl (C=O) groups is 1. The lowest BCUT2D eigenvalue weighted by Gasteiger charge is -2.15. The highest BCUT2D eigenvalue weighted by Crippen LogP contribution is 2.27. The van der Waals surface area contributed by atoms with Gasteiger partial charge in [-0.1, -0.05) is 36.4 Å². The Balaban J connectivity index is 1.96. The van der Waals surface area contributed by atoms with E-state index in [0.717, 1.165) is 33.3 Å². The molecule has 0 spiro atoms. The number of nitrogens with zero attached hydrogens (tertiary/aromatic N) is 2. The van der Waals surface area contributed by atoms with E-state index in [-0.39, 0.29) is 4.90 Å². The fourth-order valence-electron chi connectivity index (χ4n) is 3.08. The van der Waals surface area contributed by atoms with E-state index in [1.807, 2.05) is 44.4 Å². The van der Waals surface area contributed by atoms with Crippen LogP contribution >= 0.6 is 0 Å². The van der Waals surface area contributed by atoms with Crippen LogP contribution in [-0.4, -0.2) is 42.5 Å². The van der Waals surface area contributed by atoms with Crippen LogP contribution in [0.3, 0.4) is 0 Å². The van der Waals surface area contributed by atoms with Gasteiger partial charge in [0.15, 0.2) is 0 Å². The van der Waals surface area contributed by atoms with Gasteiger partial charge >= 0.3 is 0 Å².